The fraction of sp³-hybridized carbons (Fsp3) is 1.00. The van der Waals surface area contributed by atoms with E-state index in [1.807, 2.05) is 0 Å². The number of aliphatic hydroxyl groups excluding tert-OH is 2. The minimum absolute atomic E-state index is 0.0473. The average molecular weight is 323 g/mol. The maximum Gasteiger partial charge on any atom is 0.0540 e. The summed E-state index contributed by atoms with van der Waals surface area (Å²) in [4.78, 5) is 0. The van der Waals surface area contributed by atoms with Gasteiger partial charge < -0.3 is 10.2 Å². The molecular weight excluding hydrogens is 284 g/mol. The Balaban J connectivity index is 1.79. The summed E-state index contributed by atoms with van der Waals surface area (Å²) < 4.78 is 0. The van der Waals surface area contributed by atoms with E-state index in [-0.39, 0.29) is 12.2 Å². The van der Waals surface area contributed by atoms with Crippen molar-refractivity contribution >= 4 is 0 Å². The predicted octanol–water partition coefficient (Wildman–Crippen LogP) is 4.92. The van der Waals surface area contributed by atoms with Crippen LogP contribution in [0.4, 0.5) is 0 Å². The van der Waals surface area contributed by atoms with Crippen molar-refractivity contribution in [2.24, 2.45) is 29.1 Å². The summed E-state index contributed by atoms with van der Waals surface area (Å²) in [5.41, 5.74) is 0.439. The Labute approximate surface area is 143 Å². The second kappa shape index (κ2) is 7.44. The third-order valence-electron chi connectivity index (χ3n) is 7.97. The molecule has 0 amide bonds. The largest absolute Gasteiger partial charge is 0.393 e. The Hall–Kier alpha value is -0.0800. The molecule has 3 aliphatic rings. The van der Waals surface area contributed by atoms with Crippen LogP contribution in [-0.4, -0.2) is 22.4 Å². The van der Waals surface area contributed by atoms with Crippen molar-refractivity contribution in [2.75, 3.05) is 0 Å². The van der Waals surface area contributed by atoms with Crippen LogP contribution < -0.4 is 0 Å². The minimum Gasteiger partial charge on any atom is -0.393 e. The molecule has 2 atom stereocenters. The van der Waals surface area contributed by atoms with Crippen molar-refractivity contribution in [1.82, 2.24) is 0 Å². The number of aliphatic hydroxyl groups is 2. The van der Waals surface area contributed by atoms with Crippen LogP contribution in [0.3, 0.4) is 0 Å². The van der Waals surface area contributed by atoms with Gasteiger partial charge in [-0.2, -0.15) is 0 Å². The molecule has 0 aromatic carbocycles. The summed E-state index contributed by atoms with van der Waals surface area (Å²) in [6.45, 7) is 5.06. The van der Waals surface area contributed by atoms with Gasteiger partial charge >= 0.3 is 0 Å². The van der Waals surface area contributed by atoms with E-state index in [4.69, 9.17) is 0 Å². The van der Waals surface area contributed by atoms with Gasteiger partial charge in [-0.1, -0.05) is 26.7 Å². The Bertz CT molecular complexity index is 342. The molecule has 3 aliphatic carbocycles. The zero-order chi connectivity index (χ0) is 16.4. The molecule has 134 valence electrons. The number of hydrogen-bond donors (Lipinski definition) is 2. The van der Waals surface area contributed by atoms with Crippen molar-refractivity contribution in [3.8, 4) is 0 Å². The maximum absolute atomic E-state index is 9.96. The van der Waals surface area contributed by atoms with Crippen molar-refractivity contribution in [1.29, 1.82) is 0 Å². The van der Waals surface area contributed by atoms with Crippen molar-refractivity contribution in [2.45, 2.75) is 103 Å². The van der Waals surface area contributed by atoms with Crippen LogP contribution in [0.5, 0.6) is 0 Å². The third-order valence-corrected chi connectivity index (χ3v) is 7.97. The summed E-state index contributed by atoms with van der Waals surface area (Å²) >= 11 is 0. The Morgan fingerprint density at radius 1 is 0.652 bits per heavy atom. The van der Waals surface area contributed by atoms with Crippen molar-refractivity contribution in [3.63, 3.8) is 0 Å². The summed E-state index contributed by atoms with van der Waals surface area (Å²) in [6.07, 6.45) is 14.5. The fourth-order valence-corrected chi connectivity index (χ4v) is 6.39. The molecule has 0 spiro atoms. The van der Waals surface area contributed by atoms with E-state index in [1.165, 1.54) is 51.4 Å². The van der Waals surface area contributed by atoms with Gasteiger partial charge in [-0.15, -0.1) is 0 Å². The second-order valence-corrected chi connectivity index (χ2v) is 9.35. The first-order chi connectivity index (χ1) is 11.0. The maximum atomic E-state index is 9.96. The van der Waals surface area contributed by atoms with Gasteiger partial charge in [0.05, 0.1) is 12.2 Å². The van der Waals surface area contributed by atoms with Crippen LogP contribution in [0.25, 0.3) is 0 Å². The molecule has 3 rings (SSSR count). The topological polar surface area (TPSA) is 40.5 Å². The van der Waals surface area contributed by atoms with Gasteiger partial charge in [0.15, 0.2) is 0 Å². The Morgan fingerprint density at radius 2 is 1.13 bits per heavy atom. The van der Waals surface area contributed by atoms with Gasteiger partial charge in [0.1, 0.15) is 0 Å². The highest BCUT2D eigenvalue weighted by Gasteiger charge is 2.48. The molecule has 0 aromatic heterocycles. The smallest absolute Gasteiger partial charge is 0.0540 e. The summed E-state index contributed by atoms with van der Waals surface area (Å²) in [6, 6.07) is 0. The van der Waals surface area contributed by atoms with Crippen LogP contribution >= 0.6 is 0 Å². The molecular formula is C21H38O2. The lowest BCUT2D eigenvalue weighted by Gasteiger charge is -2.54. The van der Waals surface area contributed by atoms with E-state index in [0.29, 0.717) is 5.41 Å². The molecule has 23 heavy (non-hydrogen) atoms. The van der Waals surface area contributed by atoms with E-state index < -0.39 is 0 Å². The first-order valence-electron chi connectivity index (χ1n) is 10.4. The highest BCUT2D eigenvalue weighted by Crippen LogP contribution is 2.56. The first-order valence-corrected chi connectivity index (χ1v) is 10.4. The van der Waals surface area contributed by atoms with Crippen LogP contribution in [0.15, 0.2) is 0 Å². The number of hydrogen-bond acceptors (Lipinski definition) is 2. The van der Waals surface area contributed by atoms with Crippen molar-refractivity contribution in [3.05, 3.63) is 0 Å². The second-order valence-electron chi connectivity index (χ2n) is 9.35. The van der Waals surface area contributed by atoms with Gasteiger partial charge in [-0.3, -0.25) is 0 Å². The average Bonchev–Trinajstić information content (AvgIpc) is 2.55. The summed E-state index contributed by atoms with van der Waals surface area (Å²) in [7, 11) is 0. The lowest BCUT2D eigenvalue weighted by molar-refractivity contribution is -0.0629. The lowest BCUT2D eigenvalue weighted by Crippen LogP contribution is -2.46. The molecule has 2 N–H and O–H groups in total. The van der Waals surface area contributed by atoms with Crippen LogP contribution in [-0.2, 0) is 0 Å². The monoisotopic (exact) mass is 322 g/mol. The molecule has 0 saturated heterocycles. The molecule has 0 heterocycles. The fourth-order valence-electron chi connectivity index (χ4n) is 6.39. The molecule has 0 aromatic rings. The first kappa shape index (κ1) is 17.7. The highest BCUT2D eigenvalue weighted by molar-refractivity contribution is 4.98. The third kappa shape index (κ3) is 3.79. The molecule has 0 bridgehead atoms. The van der Waals surface area contributed by atoms with E-state index in [1.54, 1.807) is 0 Å². The molecule has 2 heteroatoms. The molecule has 0 radical (unpaired) electrons. The standard InChI is InChI=1S/C21H38O2/c1-15-4-3-5-18(14-15)21(2,16-6-10-19(22)11-7-16)17-8-12-20(23)13-9-17/h15-20,22-23H,3-14H2,1-2H3. The zero-order valence-corrected chi connectivity index (χ0v) is 15.3. The minimum atomic E-state index is -0.0473. The molecule has 0 aliphatic heterocycles. The van der Waals surface area contributed by atoms with Crippen LogP contribution in [0, 0.1) is 29.1 Å². The van der Waals surface area contributed by atoms with Crippen LogP contribution in [0.2, 0.25) is 0 Å². The normalized spacial score (nSPS) is 45.4. The molecule has 2 unspecified atom stereocenters. The molecule has 3 saturated carbocycles. The van der Waals surface area contributed by atoms with E-state index in [2.05, 4.69) is 13.8 Å². The quantitative estimate of drug-likeness (QED) is 0.774. The zero-order valence-electron chi connectivity index (χ0n) is 15.3. The van der Waals surface area contributed by atoms with E-state index in [0.717, 1.165) is 49.4 Å². The van der Waals surface area contributed by atoms with Crippen LogP contribution in [0.1, 0.15) is 90.9 Å². The SMILES string of the molecule is CC1CCCC(C(C)(C2CCC(O)CC2)C2CCC(O)CC2)C1. The predicted molar refractivity (Wildman–Crippen MR) is 95.2 cm³/mol. The Morgan fingerprint density at radius 3 is 1.57 bits per heavy atom. The van der Waals surface area contributed by atoms with Gasteiger partial charge in [-0.05, 0) is 93.3 Å². The highest BCUT2D eigenvalue weighted by atomic mass is 16.3. The lowest BCUT2D eigenvalue weighted by atomic mass is 9.51. The number of rotatable bonds is 3. The van der Waals surface area contributed by atoms with Gasteiger partial charge in [0.2, 0.25) is 0 Å². The van der Waals surface area contributed by atoms with Gasteiger partial charge in [-0.25, -0.2) is 0 Å². The van der Waals surface area contributed by atoms with E-state index in [9.17, 15) is 10.2 Å². The molecule has 2 nitrogen and oxygen atoms in total. The van der Waals surface area contributed by atoms with Gasteiger partial charge in [0, 0.05) is 0 Å². The molecule has 3 fully saturated rings. The Kier molecular flexibility index (Phi) is 5.73. The van der Waals surface area contributed by atoms with E-state index >= 15 is 0 Å². The van der Waals surface area contributed by atoms with Gasteiger partial charge in [0.25, 0.3) is 0 Å². The summed E-state index contributed by atoms with van der Waals surface area (Å²) in [5.74, 6) is 3.34. The summed E-state index contributed by atoms with van der Waals surface area (Å²) in [5, 5.41) is 19.9. The van der Waals surface area contributed by atoms with Crippen molar-refractivity contribution < 1.29 is 10.2 Å².